The third-order valence-corrected chi connectivity index (χ3v) is 5.05. The number of hydrogen-bond donors (Lipinski definition) is 2. The first-order valence-corrected chi connectivity index (χ1v) is 9.31. The first kappa shape index (κ1) is 19.7. The van der Waals surface area contributed by atoms with Gasteiger partial charge in [0.05, 0.1) is 24.6 Å². The largest absolute Gasteiger partial charge is 0.325 e. The van der Waals surface area contributed by atoms with Gasteiger partial charge in [-0.15, -0.1) is 5.10 Å². The summed E-state index contributed by atoms with van der Waals surface area (Å²) >= 11 is 0. The average Bonchev–Trinajstić information content (AvgIpc) is 3.20. The van der Waals surface area contributed by atoms with Gasteiger partial charge in [0.1, 0.15) is 0 Å². The van der Waals surface area contributed by atoms with Gasteiger partial charge in [-0.1, -0.05) is 18.2 Å². The number of halogens is 2. The molecule has 1 aliphatic heterocycles. The maximum Gasteiger partial charge on any atom is 0.234 e. The minimum absolute atomic E-state index is 0.0725. The van der Waals surface area contributed by atoms with E-state index < -0.39 is 17.0 Å². The number of fused-ring (bicyclic) bond motifs is 1. The molecule has 2 amide bonds. The number of carbonyl (C=O) groups excluding carboxylic acids is 2. The van der Waals surface area contributed by atoms with E-state index in [-0.39, 0.29) is 30.6 Å². The second kappa shape index (κ2) is 7.33. The number of aromatic nitrogens is 3. The zero-order valence-corrected chi connectivity index (χ0v) is 16.4. The molecule has 0 radical (unpaired) electrons. The van der Waals surface area contributed by atoms with Crippen LogP contribution in [0.4, 0.5) is 20.3 Å². The van der Waals surface area contributed by atoms with Crippen LogP contribution in [0, 0.1) is 11.6 Å². The number of carbonyl (C=O) groups is 2. The van der Waals surface area contributed by atoms with Gasteiger partial charge >= 0.3 is 0 Å². The number of amides is 2. The molecular formula is C21H19F2N5O2. The fourth-order valence-corrected chi connectivity index (χ4v) is 3.33. The molecule has 9 heteroatoms. The highest BCUT2D eigenvalue weighted by atomic mass is 19.2. The predicted octanol–water partition coefficient (Wildman–Crippen LogP) is 3.02. The average molecular weight is 411 g/mol. The molecule has 30 heavy (non-hydrogen) atoms. The Balaban J connectivity index is 1.40. The lowest BCUT2D eigenvalue weighted by Crippen LogP contribution is -2.27. The standard InChI is InChI=1S/C21H19F2N5O2/c1-21(2)14-7-12(4-6-17(14)25-20(21)30)9-19(29)26-18-10-24-28(27-18)11-13-3-5-15(22)16(23)8-13/h3-8,10H,9,11H2,1-2H3,(H,25,30)(H,26,27,29). The van der Waals surface area contributed by atoms with Crippen molar-refractivity contribution in [1.82, 2.24) is 15.0 Å². The molecule has 7 nitrogen and oxygen atoms in total. The normalized spacial score (nSPS) is 14.3. The number of benzene rings is 2. The molecule has 3 aromatic rings. The molecule has 1 aliphatic rings. The van der Waals surface area contributed by atoms with Gasteiger partial charge in [0.15, 0.2) is 17.5 Å². The van der Waals surface area contributed by atoms with Crippen LogP contribution in [0.3, 0.4) is 0 Å². The third kappa shape index (κ3) is 3.78. The van der Waals surface area contributed by atoms with Crippen molar-refractivity contribution in [2.45, 2.75) is 32.2 Å². The van der Waals surface area contributed by atoms with Gasteiger partial charge in [-0.3, -0.25) is 9.59 Å². The summed E-state index contributed by atoms with van der Waals surface area (Å²) in [5, 5.41) is 13.7. The summed E-state index contributed by atoms with van der Waals surface area (Å²) in [6, 6.07) is 8.99. The Labute approximate surface area is 171 Å². The molecule has 4 rings (SSSR count). The lowest BCUT2D eigenvalue weighted by Gasteiger charge is -2.15. The summed E-state index contributed by atoms with van der Waals surface area (Å²) < 4.78 is 26.3. The molecule has 0 atom stereocenters. The molecule has 0 spiro atoms. The summed E-state index contributed by atoms with van der Waals surface area (Å²) in [6.07, 6.45) is 1.49. The number of nitrogens with zero attached hydrogens (tertiary/aromatic N) is 3. The highest BCUT2D eigenvalue weighted by Gasteiger charge is 2.38. The van der Waals surface area contributed by atoms with E-state index >= 15 is 0 Å². The lowest BCUT2D eigenvalue weighted by molar-refractivity contribution is -0.119. The SMILES string of the molecule is CC1(C)C(=O)Nc2ccc(CC(=O)Nc3cnn(Cc4ccc(F)c(F)c4)n3)cc21. The number of hydrogen-bond acceptors (Lipinski definition) is 4. The highest BCUT2D eigenvalue weighted by Crippen LogP contribution is 2.37. The second-order valence-corrected chi connectivity index (χ2v) is 7.69. The maximum absolute atomic E-state index is 13.3. The molecule has 0 saturated heterocycles. The van der Waals surface area contributed by atoms with Gasteiger partial charge in [-0.05, 0) is 48.7 Å². The van der Waals surface area contributed by atoms with E-state index in [2.05, 4.69) is 20.8 Å². The zero-order chi connectivity index (χ0) is 21.5. The molecule has 2 N–H and O–H groups in total. The van der Waals surface area contributed by atoms with Gasteiger partial charge in [0.2, 0.25) is 11.8 Å². The molecule has 0 aliphatic carbocycles. The molecule has 2 heterocycles. The minimum atomic E-state index is -0.942. The first-order chi connectivity index (χ1) is 14.2. The number of nitrogens with one attached hydrogen (secondary N) is 2. The first-order valence-electron chi connectivity index (χ1n) is 9.31. The van der Waals surface area contributed by atoms with Crippen molar-refractivity contribution in [3.8, 4) is 0 Å². The van der Waals surface area contributed by atoms with Crippen LogP contribution < -0.4 is 10.6 Å². The summed E-state index contributed by atoms with van der Waals surface area (Å²) in [4.78, 5) is 25.7. The Hall–Kier alpha value is -3.62. The smallest absolute Gasteiger partial charge is 0.234 e. The summed E-state index contributed by atoms with van der Waals surface area (Å²) in [6.45, 7) is 3.81. The van der Waals surface area contributed by atoms with Crippen LogP contribution >= 0.6 is 0 Å². The van der Waals surface area contributed by atoms with Gasteiger partial charge < -0.3 is 10.6 Å². The van der Waals surface area contributed by atoms with Gasteiger partial charge in [0.25, 0.3) is 0 Å². The molecule has 154 valence electrons. The predicted molar refractivity (Wildman–Crippen MR) is 106 cm³/mol. The monoisotopic (exact) mass is 411 g/mol. The fraction of sp³-hybridized carbons (Fsp3) is 0.238. The molecule has 0 bridgehead atoms. The van der Waals surface area contributed by atoms with Crippen molar-refractivity contribution in [3.63, 3.8) is 0 Å². The topological polar surface area (TPSA) is 88.9 Å². The van der Waals surface area contributed by atoms with Gasteiger partial charge in [-0.25, -0.2) is 8.78 Å². The molecule has 2 aromatic carbocycles. The van der Waals surface area contributed by atoms with Crippen LogP contribution in [0.2, 0.25) is 0 Å². The van der Waals surface area contributed by atoms with Crippen LogP contribution in [0.1, 0.15) is 30.5 Å². The molecule has 0 saturated carbocycles. The van der Waals surface area contributed by atoms with Crippen molar-refractivity contribution >= 4 is 23.3 Å². The van der Waals surface area contributed by atoms with E-state index in [1.165, 1.54) is 17.1 Å². The zero-order valence-electron chi connectivity index (χ0n) is 16.4. The van der Waals surface area contributed by atoms with Crippen LogP contribution in [-0.2, 0) is 28.0 Å². The van der Waals surface area contributed by atoms with E-state index in [9.17, 15) is 18.4 Å². The molecule has 1 aromatic heterocycles. The summed E-state index contributed by atoms with van der Waals surface area (Å²) in [5.41, 5.74) is 2.23. The Morgan fingerprint density at radius 1 is 1.13 bits per heavy atom. The van der Waals surface area contributed by atoms with Crippen LogP contribution in [-0.4, -0.2) is 26.8 Å². The Morgan fingerprint density at radius 2 is 1.90 bits per heavy atom. The molecule has 0 unspecified atom stereocenters. The Kier molecular flexibility index (Phi) is 4.81. The van der Waals surface area contributed by atoms with Gasteiger partial charge in [-0.2, -0.15) is 9.90 Å². The van der Waals surface area contributed by atoms with Crippen LogP contribution in [0.15, 0.2) is 42.6 Å². The highest BCUT2D eigenvalue weighted by molar-refractivity contribution is 6.05. The summed E-state index contributed by atoms with van der Waals surface area (Å²) in [5.74, 6) is -1.97. The van der Waals surface area contributed by atoms with E-state index in [0.717, 1.165) is 28.9 Å². The lowest BCUT2D eigenvalue weighted by atomic mass is 9.85. The number of anilines is 2. The number of rotatable bonds is 5. The van der Waals surface area contributed by atoms with Crippen molar-refractivity contribution in [2.75, 3.05) is 10.6 Å². The van der Waals surface area contributed by atoms with E-state index in [1.54, 1.807) is 12.1 Å². The Bertz CT molecular complexity index is 1160. The van der Waals surface area contributed by atoms with Crippen LogP contribution in [0.25, 0.3) is 0 Å². The third-order valence-electron chi connectivity index (χ3n) is 5.05. The van der Waals surface area contributed by atoms with Crippen molar-refractivity contribution in [1.29, 1.82) is 0 Å². The fourth-order valence-electron chi connectivity index (χ4n) is 3.33. The quantitative estimate of drug-likeness (QED) is 0.676. The van der Waals surface area contributed by atoms with Crippen molar-refractivity contribution in [2.24, 2.45) is 0 Å². The van der Waals surface area contributed by atoms with Crippen LogP contribution in [0.5, 0.6) is 0 Å². The Morgan fingerprint density at radius 3 is 2.67 bits per heavy atom. The second-order valence-electron chi connectivity index (χ2n) is 7.69. The molecule has 0 fully saturated rings. The maximum atomic E-state index is 13.3. The van der Waals surface area contributed by atoms with E-state index in [0.29, 0.717) is 5.56 Å². The minimum Gasteiger partial charge on any atom is -0.325 e. The van der Waals surface area contributed by atoms with E-state index in [4.69, 9.17) is 0 Å². The molecular weight excluding hydrogens is 392 g/mol. The van der Waals surface area contributed by atoms with Gasteiger partial charge in [0, 0.05) is 5.69 Å². The van der Waals surface area contributed by atoms with Crippen molar-refractivity contribution in [3.05, 3.63) is 70.9 Å². The van der Waals surface area contributed by atoms with Crippen molar-refractivity contribution < 1.29 is 18.4 Å². The van der Waals surface area contributed by atoms with E-state index in [1.807, 2.05) is 19.9 Å². The summed E-state index contributed by atoms with van der Waals surface area (Å²) in [7, 11) is 0.